The van der Waals surface area contributed by atoms with Crippen LogP contribution in [0.2, 0.25) is 0 Å². The number of rotatable bonds is 6. The van der Waals surface area contributed by atoms with Gasteiger partial charge in [-0.2, -0.15) is 11.3 Å². The predicted octanol–water partition coefficient (Wildman–Crippen LogP) is 1.40. The van der Waals surface area contributed by atoms with Crippen molar-refractivity contribution in [1.29, 1.82) is 0 Å². The van der Waals surface area contributed by atoms with E-state index < -0.39 is 0 Å². The van der Waals surface area contributed by atoms with Crippen molar-refractivity contribution in [2.45, 2.75) is 26.3 Å². The van der Waals surface area contributed by atoms with E-state index in [1.165, 1.54) is 5.56 Å². The minimum absolute atomic E-state index is 0.0691. The molecule has 1 unspecified atom stereocenters. The van der Waals surface area contributed by atoms with E-state index in [0.717, 1.165) is 13.0 Å². The third-order valence-electron chi connectivity index (χ3n) is 2.06. The van der Waals surface area contributed by atoms with Gasteiger partial charge in [-0.25, -0.2) is 0 Å². The minimum Gasteiger partial charge on any atom is -0.352 e. The Kier molecular flexibility index (Phi) is 5.36. The zero-order chi connectivity index (χ0) is 11.1. The zero-order valence-electron chi connectivity index (χ0n) is 9.25. The van der Waals surface area contributed by atoms with Crippen LogP contribution in [0.4, 0.5) is 0 Å². The second kappa shape index (κ2) is 6.58. The average Bonchev–Trinajstić information content (AvgIpc) is 2.67. The van der Waals surface area contributed by atoms with Gasteiger partial charge in [0.25, 0.3) is 0 Å². The van der Waals surface area contributed by atoms with Gasteiger partial charge in [-0.05, 0) is 42.3 Å². The molecule has 1 rings (SSSR count). The molecule has 1 aromatic rings. The summed E-state index contributed by atoms with van der Waals surface area (Å²) < 4.78 is 0. The molecule has 1 amide bonds. The normalized spacial score (nSPS) is 12.4. The summed E-state index contributed by atoms with van der Waals surface area (Å²) >= 11 is 1.69. The Morgan fingerprint density at radius 1 is 1.60 bits per heavy atom. The highest BCUT2D eigenvalue weighted by Crippen LogP contribution is 2.08. The van der Waals surface area contributed by atoms with Gasteiger partial charge in [0.1, 0.15) is 0 Å². The fourth-order valence-corrected chi connectivity index (χ4v) is 2.06. The first-order valence-electron chi connectivity index (χ1n) is 5.23. The first-order chi connectivity index (χ1) is 7.22. The van der Waals surface area contributed by atoms with Gasteiger partial charge in [0.05, 0.1) is 6.54 Å². The van der Waals surface area contributed by atoms with Crippen molar-refractivity contribution in [3.05, 3.63) is 22.4 Å². The molecular weight excluding hydrogens is 208 g/mol. The lowest BCUT2D eigenvalue weighted by atomic mass is 10.1. The Balaban J connectivity index is 2.23. The molecule has 1 aromatic heterocycles. The van der Waals surface area contributed by atoms with Crippen molar-refractivity contribution in [2.24, 2.45) is 0 Å². The molecule has 3 nitrogen and oxygen atoms in total. The molecular formula is C11H18N2OS. The lowest BCUT2D eigenvalue weighted by molar-refractivity contribution is -0.120. The maximum Gasteiger partial charge on any atom is 0.234 e. The van der Waals surface area contributed by atoms with Crippen LogP contribution >= 0.6 is 11.3 Å². The topological polar surface area (TPSA) is 41.1 Å². The van der Waals surface area contributed by atoms with Crippen molar-refractivity contribution < 1.29 is 4.79 Å². The van der Waals surface area contributed by atoms with Crippen LogP contribution < -0.4 is 10.6 Å². The Hall–Kier alpha value is -0.870. The number of likely N-dealkylation sites (N-methyl/N-ethyl adjacent to an activating group) is 1. The summed E-state index contributed by atoms with van der Waals surface area (Å²) in [6.45, 7) is 5.25. The summed E-state index contributed by atoms with van der Waals surface area (Å²) in [6.07, 6.45) is 0.904. The maximum absolute atomic E-state index is 11.4. The Bertz CT molecular complexity index is 285. The largest absolute Gasteiger partial charge is 0.352 e. The van der Waals surface area contributed by atoms with Gasteiger partial charge in [0, 0.05) is 6.04 Å². The van der Waals surface area contributed by atoms with Gasteiger partial charge in [0.2, 0.25) is 5.91 Å². The third kappa shape index (κ3) is 4.95. The van der Waals surface area contributed by atoms with Crippen LogP contribution in [0.15, 0.2) is 16.8 Å². The molecule has 4 heteroatoms. The van der Waals surface area contributed by atoms with Crippen LogP contribution in [-0.2, 0) is 11.2 Å². The summed E-state index contributed by atoms with van der Waals surface area (Å²) in [7, 11) is 0. The third-order valence-corrected chi connectivity index (χ3v) is 2.80. The molecule has 0 saturated heterocycles. The minimum atomic E-state index is 0.0691. The molecule has 0 radical (unpaired) electrons. The second-order valence-corrected chi connectivity index (χ2v) is 4.36. The van der Waals surface area contributed by atoms with E-state index in [1.54, 1.807) is 11.3 Å². The van der Waals surface area contributed by atoms with Crippen LogP contribution in [0.3, 0.4) is 0 Å². The molecule has 0 fully saturated rings. The highest BCUT2D eigenvalue weighted by Gasteiger charge is 2.07. The number of nitrogens with one attached hydrogen (secondary N) is 2. The van der Waals surface area contributed by atoms with E-state index in [1.807, 2.05) is 13.8 Å². The Labute approximate surface area is 94.9 Å². The van der Waals surface area contributed by atoms with Crippen LogP contribution in [0.5, 0.6) is 0 Å². The van der Waals surface area contributed by atoms with Crippen LogP contribution in [0.1, 0.15) is 19.4 Å². The predicted molar refractivity (Wildman–Crippen MR) is 64.2 cm³/mol. The van der Waals surface area contributed by atoms with E-state index in [-0.39, 0.29) is 11.9 Å². The number of hydrogen-bond acceptors (Lipinski definition) is 3. The molecule has 0 spiro atoms. The zero-order valence-corrected chi connectivity index (χ0v) is 10.1. The molecule has 1 atom stereocenters. The molecule has 1 heterocycles. The fourth-order valence-electron chi connectivity index (χ4n) is 1.38. The molecule has 0 aromatic carbocycles. The molecule has 0 bridgehead atoms. The average molecular weight is 226 g/mol. The highest BCUT2D eigenvalue weighted by atomic mass is 32.1. The number of thiophene rings is 1. The number of carbonyl (C=O) groups excluding carboxylic acids is 1. The molecule has 0 aliphatic carbocycles. The van der Waals surface area contributed by atoms with Crippen molar-refractivity contribution in [2.75, 3.05) is 13.1 Å². The smallest absolute Gasteiger partial charge is 0.234 e. The van der Waals surface area contributed by atoms with Crippen LogP contribution in [0, 0.1) is 0 Å². The van der Waals surface area contributed by atoms with E-state index >= 15 is 0 Å². The first kappa shape index (κ1) is 12.2. The first-order valence-corrected chi connectivity index (χ1v) is 6.17. The van der Waals surface area contributed by atoms with Gasteiger partial charge >= 0.3 is 0 Å². The summed E-state index contributed by atoms with van der Waals surface area (Å²) in [5.41, 5.74) is 1.29. The van der Waals surface area contributed by atoms with Gasteiger partial charge in [-0.1, -0.05) is 6.92 Å². The molecule has 0 saturated carbocycles. The van der Waals surface area contributed by atoms with Gasteiger partial charge in [0.15, 0.2) is 0 Å². The van der Waals surface area contributed by atoms with Crippen molar-refractivity contribution >= 4 is 17.2 Å². The molecule has 0 aliphatic heterocycles. The fraction of sp³-hybridized carbons (Fsp3) is 0.545. The van der Waals surface area contributed by atoms with Gasteiger partial charge in [-0.3, -0.25) is 4.79 Å². The summed E-state index contributed by atoms with van der Waals surface area (Å²) in [5, 5.41) is 10.1. The monoisotopic (exact) mass is 226 g/mol. The lowest BCUT2D eigenvalue weighted by Crippen LogP contribution is -2.39. The molecule has 15 heavy (non-hydrogen) atoms. The van der Waals surface area contributed by atoms with Crippen molar-refractivity contribution in [3.8, 4) is 0 Å². The molecule has 84 valence electrons. The standard InChI is InChI=1S/C11H18N2OS/c1-3-12-7-11(14)13-9(2)6-10-4-5-15-8-10/h4-5,8-9,12H,3,6-7H2,1-2H3,(H,13,14). The van der Waals surface area contributed by atoms with Crippen molar-refractivity contribution in [1.82, 2.24) is 10.6 Å². The van der Waals surface area contributed by atoms with E-state index in [0.29, 0.717) is 6.54 Å². The Morgan fingerprint density at radius 2 is 2.40 bits per heavy atom. The highest BCUT2D eigenvalue weighted by molar-refractivity contribution is 7.07. The summed E-state index contributed by atoms with van der Waals surface area (Å²) in [5.74, 6) is 0.0691. The van der Waals surface area contributed by atoms with E-state index in [9.17, 15) is 4.79 Å². The Morgan fingerprint density at radius 3 is 3.00 bits per heavy atom. The second-order valence-electron chi connectivity index (χ2n) is 3.58. The molecule has 2 N–H and O–H groups in total. The lowest BCUT2D eigenvalue weighted by Gasteiger charge is -2.13. The summed E-state index contributed by atoms with van der Waals surface area (Å²) in [4.78, 5) is 11.4. The number of hydrogen-bond donors (Lipinski definition) is 2. The van der Waals surface area contributed by atoms with E-state index in [4.69, 9.17) is 0 Å². The quantitative estimate of drug-likeness (QED) is 0.770. The molecule has 0 aliphatic rings. The summed E-state index contributed by atoms with van der Waals surface area (Å²) in [6, 6.07) is 2.29. The maximum atomic E-state index is 11.4. The number of carbonyl (C=O) groups is 1. The SMILES string of the molecule is CCNCC(=O)NC(C)Cc1ccsc1. The van der Waals surface area contributed by atoms with Crippen LogP contribution in [0.25, 0.3) is 0 Å². The van der Waals surface area contributed by atoms with Gasteiger partial charge < -0.3 is 10.6 Å². The van der Waals surface area contributed by atoms with Gasteiger partial charge in [-0.15, -0.1) is 0 Å². The number of amides is 1. The van der Waals surface area contributed by atoms with Crippen LogP contribution in [-0.4, -0.2) is 25.0 Å². The van der Waals surface area contributed by atoms with E-state index in [2.05, 4.69) is 27.5 Å². The van der Waals surface area contributed by atoms with Crippen molar-refractivity contribution in [3.63, 3.8) is 0 Å².